The maximum absolute atomic E-state index is 11.8. The van der Waals surface area contributed by atoms with Gasteiger partial charge in [-0.25, -0.2) is 9.97 Å². The van der Waals surface area contributed by atoms with Crippen molar-refractivity contribution in [2.45, 2.75) is 11.6 Å². The van der Waals surface area contributed by atoms with Gasteiger partial charge in [-0.3, -0.25) is 4.21 Å². The first-order valence-electron chi connectivity index (χ1n) is 4.82. The first-order chi connectivity index (χ1) is 7.25. The number of rotatable bonds is 3. The molecule has 4 nitrogen and oxygen atoms in total. The Bertz CT molecular complexity index is 351. The number of nitrogens with one attached hydrogen (secondary N) is 1. The van der Waals surface area contributed by atoms with Crippen LogP contribution in [0.15, 0.2) is 17.6 Å². The van der Waals surface area contributed by atoms with E-state index < -0.39 is 10.8 Å². The molecular formula is C9H12ClN3OS. The van der Waals surface area contributed by atoms with Crippen LogP contribution < -0.4 is 5.32 Å². The highest BCUT2D eigenvalue weighted by molar-refractivity contribution is 7.84. The molecule has 1 fully saturated rings. The number of nitrogens with zero attached hydrogens (tertiary/aromatic N) is 2. The van der Waals surface area contributed by atoms with Gasteiger partial charge < -0.3 is 5.32 Å². The van der Waals surface area contributed by atoms with Crippen molar-refractivity contribution in [2.24, 2.45) is 5.92 Å². The van der Waals surface area contributed by atoms with Gasteiger partial charge in [-0.15, -0.1) is 0 Å². The van der Waals surface area contributed by atoms with Gasteiger partial charge in [-0.2, -0.15) is 0 Å². The summed E-state index contributed by atoms with van der Waals surface area (Å²) in [5.74, 6) is 1.11. The molecule has 0 amide bonds. The molecule has 1 aromatic rings. The van der Waals surface area contributed by atoms with E-state index in [1.165, 1.54) is 12.4 Å². The average molecular weight is 246 g/mol. The maximum Gasteiger partial charge on any atom is 0.218 e. The summed E-state index contributed by atoms with van der Waals surface area (Å²) in [6.45, 7) is 1.96. The van der Waals surface area contributed by atoms with Gasteiger partial charge in [0.05, 0.1) is 28.2 Å². The van der Waals surface area contributed by atoms with Crippen LogP contribution in [0.4, 0.5) is 0 Å². The highest BCUT2D eigenvalue weighted by Crippen LogP contribution is 2.12. The van der Waals surface area contributed by atoms with Crippen LogP contribution in [0.1, 0.15) is 6.42 Å². The van der Waals surface area contributed by atoms with Gasteiger partial charge in [0.1, 0.15) is 0 Å². The molecule has 1 aliphatic rings. The maximum atomic E-state index is 11.8. The van der Waals surface area contributed by atoms with E-state index in [0.717, 1.165) is 19.5 Å². The van der Waals surface area contributed by atoms with E-state index in [-0.39, 0.29) is 0 Å². The molecule has 0 aromatic carbocycles. The van der Waals surface area contributed by atoms with Crippen LogP contribution in [0.5, 0.6) is 0 Å². The third kappa shape index (κ3) is 2.96. The number of hydrogen-bond donors (Lipinski definition) is 1. The van der Waals surface area contributed by atoms with Gasteiger partial charge in [-0.05, 0) is 25.4 Å². The summed E-state index contributed by atoms with van der Waals surface area (Å²) in [7, 11) is -1.10. The summed E-state index contributed by atoms with van der Waals surface area (Å²) in [5, 5.41) is 4.09. The Morgan fingerprint density at radius 1 is 1.53 bits per heavy atom. The Balaban J connectivity index is 1.98. The third-order valence-electron chi connectivity index (χ3n) is 2.35. The molecule has 6 heteroatoms. The van der Waals surface area contributed by atoms with Crippen molar-refractivity contribution in [1.29, 1.82) is 0 Å². The van der Waals surface area contributed by atoms with Gasteiger partial charge in [0.15, 0.2) is 0 Å². The lowest BCUT2D eigenvalue weighted by molar-refractivity contribution is 0.628. The van der Waals surface area contributed by atoms with Crippen molar-refractivity contribution in [3.05, 3.63) is 17.4 Å². The van der Waals surface area contributed by atoms with Crippen LogP contribution in [0, 0.1) is 5.92 Å². The fourth-order valence-corrected chi connectivity index (χ4v) is 2.86. The van der Waals surface area contributed by atoms with Crippen LogP contribution >= 0.6 is 11.6 Å². The lowest BCUT2D eigenvalue weighted by Crippen LogP contribution is -2.16. The summed E-state index contributed by atoms with van der Waals surface area (Å²) in [6, 6.07) is 0. The minimum absolute atomic E-state index is 0.381. The SMILES string of the molecule is O=S(CC1CCNC1)c1ncc(Cl)cn1. The first-order valence-corrected chi connectivity index (χ1v) is 6.52. The van der Waals surface area contributed by atoms with Gasteiger partial charge in [0, 0.05) is 5.75 Å². The molecule has 0 bridgehead atoms. The van der Waals surface area contributed by atoms with Crippen molar-refractivity contribution in [3.8, 4) is 0 Å². The zero-order valence-corrected chi connectivity index (χ0v) is 9.72. The molecule has 2 unspecified atom stereocenters. The molecule has 0 aliphatic carbocycles. The largest absolute Gasteiger partial charge is 0.316 e. The topological polar surface area (TPSA) is 54.9 Å². The summed E-state index contributed by atoms with van der Waals surface area (Å²) < 4.78 is 11.8. The molecule has 15 heavy (non-hydrogen) atoms. The molecular weight excluding hydrogens is 234 g/mol. The Hall–Kier alpha value is -0.520. The van der Waals surface area contributed by atoms with Gasteiger partial charge in [0.25, 0.3) is 0 Å². The predicted octanol–water partition coefficient (Wildman–Crippen LogP) is 0.847. The molecule has 1 saturated heterocycles. The van der Waals surface area contributed by atoms with Crippen molar-refractivity contribution in [3.63, 3.8) is 0 Å². The highest BCUT2D eigenvalue weighted by Gasteiger charge is 2.19. The molecule has 82 valence electrons. The first kappa shape index (κ1) is 11.0. The Labute approximate surface area is 95.9 Å². The van der Waals surface area contributed by atoms with E-state index >= 15 is 0 Å². The minimum Gasteiger partial charge on any atom is -0.316 e. The monoisotopic (exact) mass is 245 g/mol. The summed E-state index contributed by atoms with van der Waals surface area (Å²) in [5.41, 5.74) is 0. The van der Waals surface area contributed by atoms with Crippen LogP contribution in [-0.4, -0.2) is 33.0 Å². The second kappa shape index (κ2) is 5.01. The molecule has 2 rings (SSSR count). The van der Waals surface area contributed by atoms with Crippen molar-refractivity contribution in [2.75, 3.05) is 18.8 Å². The smallest absolute Gasteiger partial charge is 0.218 e. The third-order valence-corrected chi connectivity index (χ3v) is 3.94. The molecule has 0 spiro atoms. The Morgan fingerprint density at radius 2 is 2.27 bits per heavy atom. The number of hydrogen-bond acceptors (Lipinski definition) is 4. The quantitative estimate of drug-likeness (QED) is 0.803. The van der Waals surface area contributed by atoms with Crippen LogP contribution in [0.2, 0.25) is 5.02 Å². The van der Waals surface area contributed by atoms with Crippen molar-refractivity contribution < 1.29 is 4.21 Å². The van der Waals surface area contributed by atoms with E-state index in [1.807, 2.05) is 0 Å². The van der Waals surface area contributed by atoms with E-state index in [9.17, 15) is 4.21 Å². The Morgan fingerprint density at radius 3 is 2.87 bits per heavy atom. The lowest BCUT2D eigenvalue weighted by Gasteiger charge is -2.06. The predicted molar refractivity (Wildman–Crippen MR) is 59.3 cm³/mol. The van der Waals surface area contributed by atoms with Crippen LogP contribution in [-0.2, 0) is 10.8 Å². The second-order valence-corrected chi connectivity index (χ2v) is 5.38. The Kier molecular flexibility index (Phi) is 3.66. The molecule has 2 heterocycles. The zero-order valence-electron chi connectivity index (χ0n) is 8.15. The van der Waals surface area contributed by atoms with E-state index in [4.69, 9.17) is 11.6 Å². The fraction of sp³-hybridized carbons (Fsp3) is 0.556. The van der Waals surface area contributed by atoms with Gasteiger partial charge in [0.2, 0.25) is 5.16 Å². The lowest BCUT2D eigenvalue weighted by atomic mass is 10.2. The molecule has 1 aromatic heterocycles. The zero-order chi connectivity index (χ0) is 10.7. The summed E-state index contributed by atoms with van der Waals surface area (Å²) in [4.78, 5) is 7.91. The average Bonchev–Trinajstić information content (AvgIpc) is 2.71. The number of aromatic nitrogens is 2. The number of halogens is 1. The second-order valence-electron chi connectivity index (χ2n) is 3.55. The molecule has 0 saturated carbocycles. The van der Waals surface area contributed by atoms with Crippen LogP contribution in [0.3, 0.4) is 0 Å². The van der Waals surface area contributed by atoms with Gasteiger partial charge in [-0.1, -0.05) is 11.6 Å². The fourth-order valence-electron chi connectivity index (χ4n) is 1.56. The van der Waals surface area contributed by atoms with E-state index in [2.05, 4.69) is 15.3 Å². The molecule has 2 atom stereocenters. The highest BCUT2D eigenvalue weighted by atomic mass is 35.5. The summed E-state index contributed by atoms with van der Waals surface area (Å²) >= 11 is 5.65. The standard InChI is InChI=1S/C9H12ClN3OS/c10-8-4-12-9(13-5-8)15(14)6-7-1-2-11-3-7/h4-5,7,11H,1-3,6H2. The van der Waals surface area contributed by atoms with Crippen LogP contribution in [0.25, 0.3) is 0 Å². The minimum atomic E-state index is -1.10. The van der Waals surface area contributed by atoms with E-state index in [0.29, 0.717) is 21.8 Å². The molecule has 1 N–H and O–H groups in total. The normalized spacial score (nSPS) is 22.9. The van der Waals surface area contributed by atoms with Crippen molar-refractivity contribution in [1.82, 2.24) is 15.3 Å². The van der Waals surface area contributed by atoms with E-state index in [1.54, 1.807) is 0 Å². The summed E-state index contributed by atoms with van der Waals surface area (Å²) in [6.07, 6.45) is 4.04. The molecule has 1 aliphatic heterocycles. The van der Waals surface area contributed by atoms with Gasteiger partial charge >= 0.3 is 0 Å². The molecule has 0 radical (unpaired) electrons. The van der Waals surface area contributed by atoms with Crippen molar-refractivity contribution >= 4 is 22.4 Å².